The van der Waals surface area contributed by atoms with Gasteiger partial charge in [-0.05, 0) is 48.4 Å². The van der Waals surface area contributed by atoms with Crippen LogP contribution in [0.2, 0.25) is 0 Å². The summed E-state index contributed by atoms with van der Waals surface area (Å²) in [5.41, 5.74) is 5.08. The van der Waals surface area contributed by atoms with Gasteiger partial charge in [-0.25, -0.2) is 4.98 Å². The SMILES string of the molecule is COc1ccccc1CNC(=O)c1ccc2nc(CCc3ccc(NC(C)=O)cc3)[nH]c2c1. The summed E-state index contributed by atoms with van der Waals surface area (Å²) in [6.45, 7) is 1.88. The Hall–Kier alpha value is -4.13. The number of carbonyl (C=O) groups is 2. The summed E-state index contributed by atoms with van der Waals surface area (Å²) in [4.78, 5) is 31.8. The summed E-state index contributed by atoms with van der Waals surface area (Å²) in [7, 11) is 1.62. The average molecular weight is 443 g/mol. The number of aromatic amines is 1. The lowest BCUT2D eigenvalue weighted by Gasteiger charge is -2.09. The Morgan fingerprint density at radius 3 is 2.55 bits per heavy atom. The number of para-hydroxylation sites is 1. The van der Waals surface area contributed by atoms with Crippen LogP contribution in [0, 0.1) is 0 Å². The van der Waals surface area contributed by atoms with Crippen molar-refractivity contribution in [3.05, 3.63) is 89.2 Å². The molecule has 4 rings (SSSR count). The first-order chi connectivity index (χ1) is 16.0. The molecule has 0 spiro atoms. The maximum Gasteiger partial charge on any atom is 0.251 e. The lowest BCUT2D eigenvalue weighted by atomic mass is 10.1. The van der Waals surface area contributed by atoms with Gasteiger partial charge in [-0.1, -0.05) is 30.3 Å². The number of aromatic nitrogens is 2. The van der Waals surface area contributed by atoms with Gasteiger partial charge in [0.05, 0.1) is 18.1 Å². The highest BCUT2D eigenvalue weighted by Gasteiger charge is 2.11. The van der Waals surface area contributed by atoms with E-state index in [1.807, 2.05) is 60.7 Å². The number of amides is 2. The summed E-state index contributed by atoms with van der Waals surface area (Å²) in [6.07, 6.45) is 1.55. The van der Waals surface area contributed by atoms with E-state index in [9.17, 15) is 9.59 Å². The third kappa shape index (κ3) is 5.57. The van der Waals surface area contributed by atoms with Gasteiger partial charge in [-0.3, -0.25) is 9.59 Å². The Kier molecular flexibility index (Phi) is 6.69. The fraction of sp³-hybridized carbons (Fsp3) is 0.192. The molecule has 0 unspecified atom stereocenters. The Balaban J connectivity index is 1.38. The van der Waals surface area contributed by atoms with Crippen molar-refractivity contribution < 1.29 is 14.3 Å². The summed E-state index contributed by atoms with van der Waals surface area (Å²) in [6, 6.07) is 20.9. The van der Waals surface area contributed by atoms with Crippen molar-refractivity contribution in [2.75, 3.05) is 12.4 Å². The highest BCUT2D eigenvalue weighted by molar-refractivity contribution is 5.97. The molecule has 4 aromatic rings. The molecule has 168 valence electrons. The van der Waals surface area contributed by atoms with Gasteiger partial charge in [0.2, 0.25) is 5.91 Å². The first kappa shape index (κ1) is 22.1. The smallest absolute Gasteiger partial charge is 0.251 e. The van der Waals surface area contributed by atoms with Crippen LogP contribution in [0.25, 0.3) is 11.0 Å². The molecule has 3 aromatic carbocycles. The van der Waals surface area contributed by atoms with Crippen LogP contribution < -0.4 is 15.4 Å². The number of methoxy groups -OCH3 is 1. The van der Waals surface area contributed by atoms with Crippen molar-refractivity contribution in [2.45, 2.75) is 26.3 Å². The number of nitrogens with one attached hydrogen (secondary N) is 3. The highest BCUT2D eigenvalue weighted by Crippen LogP contribution is 2.18. The van der Waals surface area contributed by atoms with Crippen LogP contribution in [0.3, 0.4) is 0 Å². The monoisotopic (exact) mass is 442 g/mol. The molecule has 0 saturated carbocycles. The number of aryl methyl sites for hydroxylation is 2. The molecule has 7 heteroatoms. The first-order valence-corrected chi connectivity index (χ1v) is 10.8. The summed E-state index contributed by atoms with van der Waals surface area (Å²) < 4.78 is 5.34. The van der Waals surface area contributed by atoms with Gasteiger partial charge >= 0.3 is 0 Å². The molecule has 0 aliphatic carbocycles. The molecule has 0 fully saturated rings. The molecule has 0 atom stereocenters. The minimum atomic E-state index is -0.154. The zero-order chi connectivity index (χ0) is 23.2. The molecule has 1 aromatic heterocycles. The number of fused-ring (bicyclic) bond motifs is 1. The van der Waals surface area contributed by atoms with Gasteiger partial charge in [0.25, 0.3) is 5.91 Å². The topological polar surface area (TPSA) is 96.1 Å². The maximum atomic E-state index is 12.7. The van der Waals surface area contributed by atoms with E-state index in [2.05, 4.69) is 20.6 Å². The number of ether oxygens (including phenoxy) is 1. The predicted molar refractivity (Wildman–Crippen MR) is 128 cm³/mol. The van der Waals surface area contributed by atoms with E-state index in [0.29, 0.717) is 12.1 Å². The maximum absolute atomic E-state index is 12.7. The van der Waals surface area contributed by atoms with Crippen molar-refractivity contribution in [3.8, 4) is 5.75 Å². The lowest BCUT2D eigenvalue weighted by Crippen LogP contribution is -2.23. The fourth-order valence-corrected chi connectivity index (χ4v) is 3.67. The normalized spacial score (nSPS) is 10.7. The van der Waals surface area contributed by atoms with Gasteiger partial charge in [-0.15, -0.1) is 0 Å². The molecular formula is C26H26N4O3. The third-order valence-corrected chi connectivity index (χ3v) is 5.35. The molecule has 0 saturated heterocycles. The number of H-pyrrole nitrogens is 1. The number of nitrogens with zero attached hydrogens (tertiary/aromatic N) is 1. The van der Waals surface area contributed by atoms with Crippen molar-refractivity contribution in [1.82, 2.24) is 15.3 Å². The first-order valence-electron chi connectivity index (χ1n) is 10.8. The summed E-state index contributed by atoms with van der Waals surface area (Å²) in [5.74, 6) is 1.37. The summed E-state index contributed by atoms with van der Waals surface area (Å²) in [5, 5.41) is 5.71. The molecule has 3 N–H and O–H groups in total. The van der Waals surface area contributed by atoms with E-state index < -0.39 is 0 Å². The Morgan fingerprint density at radius 2 is 1.79 bits per heavy atom. The number of imidazole rings is 1. The van der Waals surface area contributed by atoms with Crippen LogP contribution in [0.1, 0.15) is 34.2 Å². The summed E-state index contributed by atoms with van der Waals surface area (Å²) >= 11 is 0. The molecule has 0 bridgehead atoms. The van der Waals surface area contributed by atoms with Gasteiger partial charge in [0.1, 0.15) is 11.6 Å². The van der Waals surface area contributed by atoms with Crippen molar-refractivity contribution >= 4 is 28.5 Å². The van der Waals surface area contributed by atoms with Crippen LogP contribution in [-0.4, -0.2) is 28.9 Å². The number of hydrogen-bond donors (Lipinski definition) is 3. The van der Waals surface area contributed by atoms with Crippen LogP contribution in [0.5, 0.6) is 5.75 Å². The quantitative estimate of drug-likeness (QED) is 0.380. The van der Waals surface area contributed by atoms with Crippen molar-refractivity contribution in [3.63, 3.8) is 0 Å². The lowest BCUT2D eigenvalue weighted by molar-refractivity contribution is -0.114. The average Bonchev–Trinajstić information content (AvgIpc) is 3.24. The van der Waals surface area contributed by atoms with E-state index in [4.69, 9.17) is 4.74 Å². The van der Waals surface area contributed by atoms with Gasteiger partial charge in [0.15, 0.2) is 0 Å². The minimum absolute atomic E-state index is 0.0853. The highest BCUT2D eigenvalue weighted by atomic mass is 16.5. The molecule has 0 radical (unpaired) electrons. The molecule has 0 aliphatic rings. The van der Waals surface area contributed by atoms with Crippen LogP contribution in [-0.2, 0) is 24.2 Å². The van der Waals surface area contributed by atoms with Gasteiger partial charge in [-0.2, -0.15) is 0 Å². The Labute approximate surface area is 192 Å². The zero-order valence-electron chi connectivity index (χ0n) is 18.6. The van der Waals surface area contributed by atoms with Crippen molar-refractivity contribution in [2.24, 2.45) is 0 Å². The van der Waals surface area contributed by atoms with E-state index in [-0.39, 0.29) is 11.8 Å². The molecule has 0 aliphatic heterocycles. The van der Waals surface area contributed by atoms with Crippen LogP contribution in [0.15, 0.2) is 66.7 Å². The predicted octanol–water partition coefficient (Wildman–Crippen LogP) is 4.25. The zero-order valence-corrected chi connectivity index (χ0v) is 18.6. The molecular weight excluding hydrogens is 416 g/mol. The largest absolute Gasteiger partial charge is 0.496 e. The second-order valence-corrected chi connectivity index (χ2v) is 7.79. The van der Waals surface area contributed by atoms with E-state index in [1.54, 1.807) is 13.2 Å². The number of carbonyl (C=O) groups excluding carboxylic acids is 2. The third-order valence-electron chi connectivity index (χ3n) is 5.35. The molecule has 33 heavy (non-hydrogen) atoms. The van der Waals surface area contributed by atoms with E-state index >= 15 is 0 Å². The standard InChI is InChI=1S/C26H26N4O3/c1-17(31)28-21-11-7-18(8-12-21)9-14-25-29-22-13-10-19(15-23(22)30-25)26(32)27-16-20-5-3-4-6-24(20)33-2/h3-8,10-13,15H,9,14,16H2,1-2H3,(H,27,32)(H,28,31)(H,29,30). The number of rotatable bonds is 8. The van der Waals surface area contributed by atoms with E-state index in [0.717, 1.165) is 52.3 Å². The van der Waals surface area contributed by atoms with Crippen LogP contribution >= 0.6 is 0 Å². The van der Waals surface area contributed by atoms with Gasteiger partial charge < -0.3 is 20.4 Å². The Bertz CT molecular complexity index is 1280. The number of anilines is 1. The second kappa shape index (κ2) is 9.99. The molecule has 2 amide bonds. The minimum Gasteiger partial charge on any atom is -0.496 e. The van der Waals surface area contributed by atoms with E-state index in [1.165, 1.54) is 6.92 Å². The molecule has 1 heterocycles. The molecule has 7 nitrogen and oxygen atoms in total. The van der Waals surface area contributed by atoms with Crippen LogP contribution in [0.4, 0.5) is 5.69 Å². The second-order valence-electron chi connectivity index (χ2n) is 7.79. The number of hydrogen-bond acceptors (Lipinski definition) is 4. The number of benzene rings is 3. The van der Waals surface area contributed by atoms with Gasteiger partial charge in [0, 0.05) is 36.7 Å². The fourth-order valence-electron chi connectivity index (χ4n) is 3.67. The Morgan fingerprint density at radius 1 is 1.00 bits per heavy atom. The van der Waals surface area contributed by atoms with Crippen molar-refractivity contribution in [1.29, 1.82) is 0 Å².